The van der Waals surface area contributed by atoms with Crippen molar-refractivity contribution >= 4 is 11.6 Å². The molecular formula is C12H18ClNO. The van der Waals surface area contributed by atoms with E-state index in [9.17, 15) is 0 Å². The Hall–Kier alpha value is -0.730. The van der Waals surface area contributed by atoms with Gasteiger partial charge in [-0.1, -0.05) is 31.5 Å². The summed E-state index contributed by atoms with van der Waals surface area (Å²) in [6.45, 7) is 6.74. The van der Waals surface area contributed by atoms with Crippen LogP contribution in [0.3, 0.4) is 0 Å². The van der Waals surface area contributed by atoms with Crippen LogP contribution in [0.25, 0.3) is 0 Å². The Morgan fingerprint density at radius 3 is 2.53 bits per heavy atom. The lowest BCUT2D eigenvalue weighted by Gasteiger charge is -2.17. The quantitative estimate of drug-likeness (QED) is 0.856. The van der Waals surface area contributed by atoms with Crippen molar-refractivity contribution < 1.29 is 4.74 Å². The van der Waals surface area contributed by atoms with Gasteiger partial charge in [0.05, 0.1) is 11.6 Å². The minimum atomic E-state index is 0.0261. The zero-order valence-electron chi connectivity index (χ0n) is 9.46. The number of benzene rings is 1. The molecule has 0 amide bonds. The van der Waals surface area contributed by atoms with E-state index in [-0.39, 0.29) is 6.04 Å². The minimum Gasteiger partial charge on any atom is -0.492 e. The maximum atomic E-state index is 6.08. The van der Waals surface area contributed by atoms with Gasteiger partial charge in [0, 0.05) is 6.04 Å². The van der Waals surface area contributed by atoms with E-state index in [0.29, 0.717) is 17.5 Å². The first-order chi connectivity index (χ1) is 7.06. The summed E-state index contributed by atoms with van der Waals surface area (Å²) in [4.78, 5) is 0. The van der Waals surface area contributed by atoms with Gasteiger partial charge >= 0.3 is 0 Å². The summed E-state index contributed by atoms with van der Waals surface area (Å²) in [6, 6.07) is 5.76. The highest BCUT2D eigenvalue weighted by Crippen LogP contribution is 2.29. The molecule has 0 heterocycles. The largest absolute Gasteiger partial charge is 0.492 e. The molecule has 1 unspecified atom stereocenters. The minimum absolute atomic E-state index is 0.0261. The van der Waals surface area contributed by atoms with Gasteiger partial charge in [0.25, 0.3) is 0 Å². The van der Waals surface area contributed by atoms with Crippen LogP contribution < -0.4 is 10.5 Å². The van der Waals surface area contributed by atoms with Crippen LogP contribution in [0.5, 0.6) is 5.75 Å². The zero-order valence-corrected chi connectivity index (χ0v) is 10.2. The van der Waals surface area contributed by atoms with Gasteiger partial charge in [-0.25, -0.2) is 0 Å². The van der Waals surface area contributed by atoms with E-state index in [1.165, 1.54) is 0 Å². The molecule has 0 aromatic heterocycles. The molecule has 0 bridgehead atoms. The predicted octanol–water partition coefficient (Wildman–Crippen LogP) is 3.39. The zero-order chi connectivity index (χ0) is 11.4. The van der Waals surface area contributed by atoms with E-state index in [0.717, 1.165) is 11.3 Å². The fraction of sp³-hybridized carbons (Fsp3) is 0.500. The molecule has 2 nitrogen and oxygen atoms in total. The third kappa shape index (κ3) is 3.11. The summed E-state index contributed by atoms with van der Waals surface area (Å²) in [5.74, 6) is 1.12. The van der Waals surface area contributed by atoms with E-state index in [4.69, 9.17) is 22.1 Å². The maximum Gasteiger partial charge on any atom is 0.137 e. The highest BCUT2D eigenvalue weighted by molar-refractivity contribution is 6.32. The van der Waals surface area contributed by atoms with Crippen LogP contribution in [0.2, 0.25) is 5.02 Å². The summed E-state index contributed by atoms with van der Waals surface area (Å²) in [6.07, 6.45) is 0. The van der Waals surface area contributed by atoms with Crippen molar-refractivity contribution in [2.24, 2.45) is 11.7 Å². The topological polar surface area (TPSA) is 35.2 Å². The molecule has 0 saturated carbocycles. The molecule has 0 aliphatic carbocycles. The van der Waals surface area contributed by atoms with Crippen LogP contribution in [-0.4, -0.2) is 6.61 Å². The van der Waals surface area contributed by atoms with Crippen LogP contribution in [0, 0.1) is 5.92 Å². The molecule has 84 valence electrons. The number of ether oxygens (including phenoxy) is 1. The van der Waals surface area contributed by atoms with Crippen molar-refractivity contribution in [3.63, 3.8) is 0 Å². The molecule has 0 aliphatic rings. The van der Waals surface area contributed by atoms with Crippen LogP contribution in [0.1, 0.15) is 32.4 Å². The predicted molar refractivity (Wildman–Crippen MR) is 64.4 cm³/mol. The molecule has 1 aromatic carbocycles. The van der Waals surface area contributed by atoms with E-state index in [2.05, 4.69) is 13.8 Å². The van der Waals surface area contributed by atoms with Gasteiger partial charge in [-0.3, -0.25) is 0 Å². The number of halogens is 1. The van der Waals surface area contributed by atoms with Crippen molar-refractivity contribution in [1.29, 1.82) is 0 Å². The second kappa shape index (κ2) is 5.38. The van der Waals surface area contributed by atoms with Gasteiger partial charge in [0.15, 0.2) is 0 Å². The Kier molecular flexibility index (Phi) is 4.43. The first kappa shape index (κ1) is 12.3. The Bertz CT molecular complexity index is 325. The van der Waals surface area contributed by atoms with E-state index in [1.807, 2.05) is 25.1 Å². The lowest BCUT2D eigenvalue weighted by atomic mass is 9.97. The van der Waals surface area contributed by atoms with Crippen molar-refractivity contribution in [2.75, 3.05) is 6.61 Å². The van der Waals surface area contributed by atoms with E-state index >= 15 is 0 Å². The molecule has 3 heteroatoms. The fourth-order valence-corrected chi connectivity index (χ4v) is 1.63. The molecule has 2 N–H and O–H groups in total. The molecule has 0 spiro atoms. The molecular weight excluding hydrogens is 210 g/mol. The Labute approximate surface area is 96.4 Å². The first-order valence-electron chi connectivity index (χ1n) is 5.24. The average molecular weight is 228 g/mol. The SMILES string of the molecule is CCOc1ccc(C(N)C(C)C)cc1Cl. The molecule has 1 aromatic rings. The third-order valence-corrected chi connectivity index (χ3v) is 2.65. The summed E-state index contributed by atoms with van der Waals surface area (Å²) in [7, 11) is 0. The summed E-state index contributed by atoms with van der Waals surface area (Å²) in [5.41, 5.74) is 7.09. The second-order valence-electron chi connectivity index (χ2n) is 3.89. The standard InChI is InChI=1S/C12H18ClNO/c1-4-15-11-6-5-9(7-10(11)13)12(14)8(2)3/h5-8,12H,4,14H2,1-3H3. The van der Waals surface area contributed by atoms with Gasteiger partial charge in [-0.2, -0.15) is 0 Å². The highest BCUT2D eigenvalue weighted by atomic mass is 35.5. The van der Waals surface area contributed by atoms with Crippen molar-refractivity contribution in [3.05, 3.63) is 28.8 Å². The first-order valence-corrected chi connectivity index (χ1v) is 5.61. The second-order valence-corrected chi connectivity index (χ2v) is 4.30. The van der Waals surface area contributed by atoms with Gasteiger partial charge in [-0.15, -0.1) is 0 Å². The fourth-order valence-electron chi connectivity index (χ4n) is 1.38. The van der Waals surface area contributed by atoms with Gasteiger partial charge in [0.1, 0.15) is 5.75 Å². The summed E-state index contributed by atoms with van der Waals surface area (Å²) < 4.78 is 5.36. The number of hydrogen-bond donors (Lipinski definition) is 1. The normalized spacial score (nSPS) is 12.9. The lowest BCUT2D eigenvalue weighted by Crippen LogP contribution is -2.16. The third-order valence-electron chi connectivity index (χ3n) is 2.36. The summed E-state index contributed by atoms with van der Waals surface area (Å²) in [5, 5.41) is 0.630. The molecule has 0 aliphatic heterocycles. The van der Waals surface area contributed by atoms with Crippen LogP contribution in [-0.2, 0) is 0 Å². The molecule has 15 heavy (non-hydrogen) atoms. The van der Waals surface area contributed by atoms with E-state index < -0.39 is 0 Å². The van der Waals surface area contributed by atoms with Crippen molar-refractivity contribution in [1.82, 2.24) is 0 Å². The highest BCUT2D eigenvalue weighted by Gasteiger charge is 2.12. The Morgan fingerprint density at radius 2 is 2.07 bits per heavy atom. The molecule has 1 atom stereocenters. The Morgan fingerprint density at radius 1 is 1.40 bits per heavy atom. The number of rotatable bonds is 4. The van der Waals surface area contributed by atoms with Gasteiger partial charge < -0.3 is 10.5 Å². The number of hydrogen-bond acceptors (Lipinski definition) is 2. The van der Waals surface area contributed by atoms with Crippen molar-refractivity contribution in [2.45, 2.75) is 26.8 Å². The van der Waals surface area contributed by atoms with Crippen LogP contribution >= 0.6 is 11.6 Å². The smallest absolute Gasteiger partial charge is 0.137 e. The van der Waals surface area contributed by atoms with Crippen LogP contribution in [0.4, 0.5) is 0 Å². The van der Waals surface area contributed by atoms with Gasteiger partial charge in [0.2, 0.25) is 0 Å². The van der Waals surface area contributed by atoms with Crippen LogP contribution in [0.15, 0.2) is 18.2 Å². The molecule has 0 radical (unpaired) electrons. The molecule has 0 saturated heterocycles. The average Bonchev–Trinajstić information content (AvgIpc) is 2.20. The molecule has 1 rings (SSSR count). The Balaban J connectivity index is 2.90. The number of nitrogens with two attached hydrogens (primary N) is 1. The van der Waals surface area contributed by atoms with Crippen molar-refractivity contribution in [3.8, 4) is 5.75 Å². The lowest BCUT2D eigenvalue weighted by molar-refractivity contribution is 0.340. The van der Waals surface area contributed by atoms with Gasteiger partial charge in [-0.05, 0) is 30.5 Å². The molecule has 0 fully saturated rings. The summed E-state index contributed by atoms with van der Waals surface area (Å²) >= 11 is 6.08. The van der Waals surface area contributed by atoms with E-state index in [1.54, 1.807) is 0 Å². The maximum absolute atomic E-state index is 6.08. The monoisotopic (exact) mass is 227 g/mol.